The molecule has 0 saturated carbocycles. The number of esters is 3. The Morgan fingerprint density at radius 3 is 0.803 bits per heavy atom. The fraction of sp³-hybridized carbons (Fsp3) is 0.892. The summed E-state index contributed by atoms with van der Waals surface area (Å²) in [6.45, 7) is 6.64. The number of rotatable bonds is 59. The fourth-order valence-corrected chi connectivity index (χ4v) is 9.65. The minimum Gasteiger partial charge on any atom is -0.462 e. The molecule has 0 aromatic rings. The van der Waals surface area contributed by atoms with Crippen molar-refractivity contribution in [2.24, 2.45) is 0 Å². The van der Waals surface area contributed by atoms with E-state index in [9.17, 15) is 14.4 Å². The van der Waals surface area contributed by atoms with Gasteiger partial charge in [-0.25, -0.2) is 0 Å². The quantitative estimate of drug-likeness (QED) is 0.0261. The highest BCUT2D eigenvalue weighted by atomic mass is 16.6. The molecule has 6 nitrogen and oxygen atoms in total. The molecule has 0 aromatic carbocycles. The first-order valence-corrected chi connectivity index (χ1v) is 31.8. The van der Waals surface area contributed by atoms with Crippen LogP contribution in [0.4, 0.5) is 0 Å². The van der Waals surface area contributed by atoms with Crippen LogP contribution in [0.1, 0.15) is 355 Å². The van der Waals surface area contributed by atoms with Crippen molar-refractivity contribution >= 4 is 17.9 Å². The predicted molar refractivity (Wildman–Crippen MR) is 307 cm³/mol. The van der Waals surface area contributed by atoms with Gasteiger partial charge in [-0.05, 0) is 51.4 Å². The van der Waals surface area contributed by atoms with Crippen LogP contribution < -0.4 is 0 Å². The average molecular weight is 1000 g/mol. The van der Waals surface area contributed by atoms with E-state index in [1.54, 1.807) is 0 Å². The normalized spacial score (nSPS) is 12.1. The second-order valence-corrected chi connectivity index (χ2v) is 21.7. The molecule has 0 aromatic heterocycles. The number of carbonyl (C=O) groups is 3. The van der Waals surface area contributed by atoms with Crippen LogP contribution in [-0.2, 0) is 28.6 Å². The molecule has 0 rings (SSSR count). The molecule has 71 heavy (non-hydrogen) atoms. The van der Waals surface area contributed by atoms with Gasteiger partial charge >= 0.3 is 17.9 Å². The van der Waals surface area contributed by atoms with E-state index < -0.39 is 6.10 Å². The van der Waals surface area contributed by atoms with Gasteiger partial charge in [0, 0.05) is 19.3 Å². The maximum atomic E-state index is 12.9. The van der Waals surface area contributed by atoms with Gasteiger partial charge in [0.15, 0.2) is 6.10 Å². The van der Waals surface area contributed by atoms with Crippen LogP contribution in [-0.4, -0.2) is 37.2 Å². The van der Waals surface area contributed by atoms with Crippen LogP contribution in [0.25, 0.3) is 0 Å². The van der Waals surface area contributed by atoms with Gasteiger partial charge in [0.05, 0.1) is 0 Å². The van der Waals surface area contributed by atoms with Crippen molar-refractivity contribution in [3.8, 4) is 0 Å². The summed E-state index contributed by atoms with van der Waals surface area (Å²) in [6, 6.07) is 0. The minimum atomic E-state index is -0.768. The summed E-state index contributed by atoms with van der Waals surface area (Å²) < 4.78 is 16.9. The summed E-state index contributed by atoms with van der Waals surface area (Å²) >= 11 is 0. The Balaban J connectivity index is 4.10. The van der Waals surface area contributed by atoms with E-state index in [2.05, 4.69) is 45.1 Å². The zero-order valence-corrected chi connectivity index (χ0v) is 48.0. The number of hydrogen-bond donors (Lipinski definition) is 0. The average Bonchev–Trinajstić information content (AvgIpc) is 3.37. The lowest BCUT2D eigenvalue weighted by Crippen LogP contribution is -2.30. The topological polar surface area (TPSA) is 78.9 Å². The SMILES string of the molecule is CCCCC/C=C\C/C=C\CCCCCCCCCCCC(=O)OC(COC(=O)CCCCCCCCCC)COC(=O)CCCCCCCCCCCCCCCCCCCCCCCCCCCC. The van der Waals surface area contributed by atoms with E-state index in [-0.39, 0.29) is 31.1 Å². The molecule has 0 heterocycles. The first-order chi connectivity index (χ1) is 35.0. The third-order valence-corrected chi connectivity index (χ3v) is 14.5. The largest absolute Gasteiger partial charge is 0.462 e. The van der Waals surface area contributed by atoms with Gasteiger partial charge in [0.2, 0.25) is 0 Å². The highest BCUT2D eigenvalue weighted by Crippen LogP contribution is 2.18. The Hall–Kier alpha value is -2.11. The molecule has 6 heteroatoms. The number of hydrogen-bond acceptors (Lipinski definition) is 6. The first kappa shape index (κ1) is 68.9. The lowest BCUT2D eigenvalue weighted by atomic mass is 10.0. The van der Waals surface area contributed by atoms with Gasteiger partial charge in [0.25, 0.3) is 0 Å². The smallest absolute Gasteiger partial charge is 0.306 e. The molecule has 0 saturated heterocycles. The number of ether oxygens (including phenoxy) is 3. The molecule has 0 amide bonds. The van der Waals surface area contributed by atoms with Gasteiger partial charge in [0.1, 0.15) is 13.2 Å². The molecule has 0 N–H and O–H groups in total. The van der Waals surface area contributed by atoms with Gasteiger partial charge < -0.3 is 14.2 Å². The van der Waals surface area contributed by atoms with Crippen LogP contribution in [0.3, 0.4) is 0 Å². The summed E-state index contributed by atoms with van der Waals surface area (Å²) in [5.74, 6) is -0.853. The highest BCUT2D eigenvalue weighted by molar-refractivity contribution is 5.71. The first-order valence-electron chi connectivity index (χ1n) is 31.8. The standard InChI is InChI=1S/C65H122O6/c1-4-7-10-13-16-19-21-23-25-27-29-30-31-32-33-34-35-37-38-40-42-44-46-49-52-55-58-64(67)70-61-62(60-69-63(66)57-54-51-48-18-15-12-9-6-3)71-65(68)59-56-53-50-47-45-43-41-39-36-28-26-24-22-20-17-14-11-8-5-2/h17,20,24,26,62H,4-16,18-19,21-23,25,27-61H2,1-3H3/b20-17-,26-24-. The maximum Gasteiger partial charge on any atom is 0.306 e. The zero-order valence-electron chi connectivity index (χ0n) is 48.0. The van der Waals surface area contributed by atoms with E-state index in [1.807, 2.05) is 0 Å². The molecule has 0 aliphatic carbocycles. The minimum absolute atomic E-state index is 0.0675. The molecule has 0 aliphatic rings. The molecule has 418 valence electrons. The Morgan fingerprint density at radius 1 is 0.282 bits per heavy atom. The number of allylic oxidation sites excluding steroid dienone is 4. The summed E-state index contributed by atoms with van der Waals surface area (Å²) in [4.78, 5) is 38.1. The van der Waals surface area contributed by atoms with Gasteiger partial charge in [-0.15, -0.1) is 0 Å². The third-order valence-electron chi connectivity index (χ3n) is 14.5. The molecular formula is C65H122O6. The Labute approximate surface area is 443 Å². The van der Waals surface area contributed by atoms with Gasteiger partial charge in [-0.1, -0.05) is 308 Å². The number of carbonyl (C=O) groups excluding carboxylic acids is 3. The van der Waals surface area contributed by atoms with E-state index in [0.717, 1.165) is 64.2 Å². The van der Waals surface area contributed by atoms with Crippen molar-refractivity contribution in [2.75, 3.05) is 13.2 Å². The van der Waals surface area contributed by atoms with Gasteiger partial charge in [-0.3, -0.25) is 14.4 Å². The van der Waals surface area contributed by atoms with Crippen LogP contribution >= 0.6 is 0 Å². The van der Waals surface area contributed by atoms with Crippen molar-refractivity contribution in [1.82, 2.24) is 0 Å². The van der Waals surface area contributed by atoms with Crippen molar-refractivity contribution in [1.29, 1.82) is 0 Å². The predicted octanol–water partition coefficient (Wildman–Crippen LogP) is 21.4. The molecule has 1 atom stereocenters. The summed E-state index contributed by atoms with van der Waals surface area (Å²) in [7, 11) is 0. The van der Waals surface area contributed by atoms with E-state index >= 15 is 0 Å². The summed E-state index contributed by atoms with van der Waals surface area (Å²) in [5.41, 5.74) is 0. The molecular weight excluding hydrogens is 877 g/mol. The van der Waals surface area contributed by atoms with Crippen LogP contribution in [0.15, 0.2) is 24.3 Å². The molecule has 0 fully saturated rings. The van der Waals surface area contributed by atoms with E-state index in [4.69, 9.17) is 14.2 Å². The second kappa shape index (κ2) is 60.4. The van der Waals surface area contributed by atoms with Crippen LogP contribution in [0.5, 0.6) is 0 Å². The second-order valence-electron chi connectivity index (χ2n) is 21.7. The van der Waals surface area contributed by atoms with Crippen molar-refractivity contribution in [3.05, 3.63) is 24.3 Å². The Morgan fingerprint density at radius 2 is 0.507 bits per heavy atom. The van der Waals surface area contributed by atoms with Crippen molar-refractivity contribution in [3.63, 3.8) is 0 Å². The highest BCUT2D eigenvalue weighted by Gasteiger charge is 2.19. The van der Waals surface area contributed by atoms with Crippen LogP contribution in [0.2, 0.25) is 0 Å². The molecule has 0 radical (unpaired) electrons. The lowest BCUT2D eigenvalue weighted by Gasteiger charge is -2.18. The van der Waals surface area contributed by atoms with Crippen molar-refractivity contribution in [2.45, 2.75) is 361 Å². The monoisotopic (exact) mass is 999 g/mol. The lowest BCUT2D eigenvalue weighted by molar-refractivity contribution is -0.167. The number of unbranched alkanes of at least 4 members (excludes halogenated alkanes) is 44. The zero-order chi connectivity index (χ0) is 51.4. The van der Waals surface area contributed by atoms with E-state index in [1.165, 1.54) is 250 Å². The third kappa shape index (κ3) is 58.7. The maximum absolute atomic E-state index is 12.9. The van der Waals surface area contributed by atoms with Crippen molar-refractivity contribution < 1.29 is 28.6 Å². The Bertz CT molecular complexity index is 1150. The molecule has 0 bridgehead atoms. The summed E-state index contributed by atoms with van der Waals surface area (Å²) in [6.07, 6.45) is 72.1. The molecule has 0 aliphatic heterocycles. The summed E-state index contributed by atoms with van der Waals surface area (Å²) in [5, 5.41) is 0. The van der Waals surface area contributed by atoms with Crippen LogP contribution in [0, 0.1) is 0 Å². The van der Waals surface area contributed by atoms with Gasteiger partial charge in [-0.2, -0.15) is 0 Å². The molecule has 1 unspecified atom stereocenters. The molecule has 0 spiro atoms. The van der Waals surface area contributed by atoms with E-state index in [0.29, 0.717) is 19.3 Å². The Kier molecular flexibility index (Phi) is 58.6. The fourth-order valence-electron chi connectivity index (χ4n) is 9.65.